The van der Waals surface area contributed by atoms with Crippen molar-refractivity contribution in [2.45, 2.75) is 0 Å². The highest BCUT2D eigenvalue weighted by atomic mass is 15.7. The van der Waals surface area contributed by atoms with E-state index in [1.165, 1.54) is 0 Å². The van der Waals surface area contributed by atoms with Crippen molar-refractivity contribution in [3.8, 4) is 0 Å². The first-order valence-corrected chi connectivity index (χ1v) is 1.80. The number of hydrazine groups is 1. The van der Waals surface area contributed by atoms with Crippen molar-refractivity contribution in [3.05, 3.63) is 0 Å². The monoisotopic (exact) mass is 86.1 g/mol. The Morgan fingerprint density at radius 3 is 2.50 bits per heavy atom. The Hall–Kier alpha value is -0.640. The minimum absolute atomic E-state index is 1.03. The van der Waals surface area contributed by atoms with Crippen molar-refractivity contribution in [2.24, 2.45) is 5.22 Å². The molecule has 34 valence electrons. The Morgan fingerprint density at radius 1 is 1.67 bits per heavy atom. The van der Waals surface area contributed by atoms with Gasteiger partial charge in [-0.15, -0.1) is 0 Å². The van der Waals surface area contributed by atoms with Crippen LogP contribution in [0, 0.1) is 5.53 Å². The average molecular weight is 86.1 g/mol. The van der Waals surface area contributed by atoms with Crippen LogP contribution < -0.4 is 5.53 Å². The summed E-state index contributed by atoms with van der Waals surface area (Å²) >= 11 is 0. The fourth-order valence-electron chi connectivity index (χ4n) is 0.221. The summed E-state index contributed by atoms with van der Waals surface area (Å²) in [5, 5.41) is 4.75. The summed E-state index contributed by atoms with van der Waals surface area (Å²) in [5.74, 6) is 0. The molecule has 0 aromatic rings. The fourth-order valence-corrected chi connectivity index (χ4v) is 0.221. The Balaban J connectivity index is 2.00. The van der Waals surface area contributed by atoms with Crippen LogP contribution in [0.15, 0.2) is 5.22 Å². The fraction of sp³-hybridized carbons (Fsp3) is 1.00. The predicted molar refractivity (Wildman–Crippen MR) is 19.9 cm³/mol. The molecule has 1 aliphatic heterocycles. The Kier molecular flexibility index (Phi) is 0.719. The molecule has 0 saturated carbocycles. The van der Waals surface area contributed by atoms with Crippen LogP contribution in [0.3, 0.4) is 0 Å². The van der Waals surface area contributed by atoms with Crippen molar-refractivity contribution >= 4 is 0 Å². The molecule has 0 aromatic carbocycles. The second-order valence-electron chi connectivity index (χ2n) is 1.20. The van der Waals surface area contributed by atoms with Gasteiger partial charge in [0.2, 0.25) is 0 Å². The number of nitrogens with one attached hydrogen (secondary N) is 2. The number of hydrogen-bond acceptors (Lipinski definition) is 3. The molecular formula is C2H6N4. The molecule has 1 rings (SSSR count). The summed E-state index contributed by atoms with van der Waals surface area (Å²) in [7, 11) is 0. The second-order valence-corrected chi connectivity index (χ2v) is 1.20. The summed E-state index contributed by atoms with van der Waals surface area (Å²) < 4.78 is 0. The van der Waals surface area contributed by atoms with Gasteiger partial charge in [0.05, 0.1) is 0 Å². The van der Waals surface area contributed by atoms with Crippen LogP contribution in [0.1, 0.15) is 0 Å². The van der Waals surface area contributed by atoms with Gasteiger partial charge in [-0.25, -0.2) is 10.5 Å². The molecule has 1 aliphatic rings. The SMILES string of the molecule is N=NNN1CC1. The molecule has 1 fully saturated rings. The molecule has 0 atom stereocenters. The lowest BCUT2D eigenvalue weighted by molar-refractivity contribution is 0.395. The van der Waals surface area contributed by atoms with E-state index in [1.807, 2.05) is 5.01 Å². The van der Waals surface area contributed by atoms with E-state index in [0.29, 0.717) is 0 Å². The van der Waals surface area contributed by atoms with Gasteiger partial charge in [-0.2, -0.15) is 5.53 Å². The number of rotatable bonds is 2. The molecule has 6 heavy (non-hydrogen) atoms. The van der Waals surface area contributed by atoms with Gasteiger partial charge in [0, 0.05) is 13.1 Å². The molecular weight excluding hydrogens is 80.0 g/mol. The quantitative estimate of drug-likeness (QED) is 0.276. The van der Waals surface area contributed by atoms with Crippen LogP contribution in [0.25, 0.3) is 0 Å². The highest BCUT2D eigenvalue weighted by Gasteiger charge is 2.14. The van der Waals surface area contributed by atoms with Crippen LogP contribution in [0.5, 0.6) is 0 Å². The van der Waals surface area contributed by atoms with Gasteiger partial charge >= 0.3 is 0 Å². The molecule has 0 unspecified atom stereocenters. The lowest BCUT2D eigenvalue weighted by atomic mass is 11.0. The Bertz CT molecular complexity index is 56.6. The molecule has 1 heterocycles. The Labute approximate surface area is 35.6 Å². The van der Waals surface area contributed by atoms with Crippen molar-refractivity contribution < 1.29 is 0 Å². The summed E-state index contributed by atoms with van der Waals surface area (Å²) in [4.78, 5) is 0. The molecule has 0 amide bonds. The van der Waals surface area contributed by atoms with E-state index in [4.69, 9.17) is 5.53 Å². The second kappa shape index (κ2) is 1.22. The third-order valence-electron chi connectivity index (χ3n) is 0.639. The average Bonchev–Trinajstić information content (AvgIpc) is 2.21. The Morgan fingerprint density at radius 2 is 2.33 bits per heavy atom. The van der Waals surface area contributed by atoms with Gasteiger partial charge in [-0.05, 0) is 0 Å². The van der Waals surface area contributed by atoms with Gasteiger partial charge in [0.15, 0.2) is 0 Å². The molecule has 4 nitrogen and oxygen atoms in total. The molecule has 0 spiro atoms. The first-order chi connectivity index (χ1) is 2.93. The minimum atomic E-state index is 1.03. The molecule has 0 aliphatic carbocycles. The highest BCUT2D eigenvalue weighted by molar-refractivity contribution is 4.63. The van der Waals surface area contributed by atoms with Gasteiger partial charge in [0.25, 0.3) is 0 Å². The standard InChI is InChI=1S/C2H6N4/c3-4-5-6-1-2-6/h1-2H2,(H2,3,5). The zero-order valence-corrected chi connectivity index (χ0v) is 3.31. The van der Waals surface area contributed by atoms with Crippen LogP contribution >= 0.6 is 0 Å². The largest absolute Gasteiger partial charge is 0.222 e. The number of hydrogen-bond donors (Lipinski definition) is 2. The van der Waals surface area contributed by atoms with Gasteiger partial charge in [0.1, 0.15) is 0 Å². The maximum absolute atomic E-state index is 6.25. The van der Waals surface area contributed by atoms with Crippen molar-refractivity contribution in [1.82, 2.24) is 10.5 Å². The van der Waals surface area contributed by atoms with Crippen molar-refractivity contribution in [1.29, 1.82) is 5.53 Å². The van der Waals surface area contributed by atoms with Crippen LogP contribution in [-0.2, 0) is 0 Å². The molecule has 0 radical (unpaired) electrons. The molecule has 4 heteroatoms. The first kappa shape index (κ1) is 3.55. The topological polar surface area (TPSA) is 51.2 Å². The molecule has 2 N–H and O–H groups in total. The third kappa shape index (κ3) is 0.651. The molecule has 0 aromatic heterocycles. The van der Waals surface area contributed by atoms with E-state index >= 15 is 0 Å². The maximum Gasteiger partial charge on any atom is 0.0342 e. The minimum Gasteiger partial charge on any atom is -0.222 e. The predicted octanol–water partition coefficient (Wildman–Crippen LogP) is -0.247. The van der Waals surface area contributed by atoms with E-state index < -0.39 is 0 Å². The smallest absolute Gasteiger partial charge is 0.0342 e. The lowest BCUT2D eigenvalue weighted by Crippen LogP contribution is -2.10. The van der Waals surface area contributed by atoms with E-state index in [2.05, 4.69) is 10.8 Å². The normalized spacial score (nSPS) is 20.0. The first-order valence-electron chi connectivity index (χ1n) is 1.80. The van der Waals surface area contributed by atoms with Gasteiger partial charge in [-0.3, -0.25) is 0 Å². The van der Waals surface area contributed by atoms with E-state index in [-0.39, 0.29) is 0 Å². The summed E-state index contributed by atoms with van der Waals surface area (Å²) in [6.45, 7) is 2.06. The third-order valence-corrected chi connectivity index (χ3v) is 0.639. The maximum atomic E-state index is 6.25. The summed E-state index contributed by atoms with van der Waals surface area (Å²) in [5.41, 5.74) is 8.69. The van der Waals surface area contributed by atoms with E-state index in [1.54, 1.807) is 0 Å². The highest BCUT2D eigenvalue weighted by Crippen LogP contribution is 1.94. The zero-order chi connectivity index (χ0) is 4.41. The van der Waals surface area contributed by atoms with Gasteiger partial charge in [-0.1, -0.05) is 5.22 Å². The summed E-state index contributed by atoms with van der Waals surface area (Å²) in [6, 6.07) is 0. The van der Waals surface area contributed by atoms with Gasteiger partial charge < -0.3 is 0 Å². The zero-order valence-electron chi connectivity index (χ0n) is 3.31. The van der Waals surface area contributed by atoms with Crippen molar-refractivity contribution in [2.75, 3.05) is 13.1 Å². The summed E-state index contributed by atoms with van der Waals surface area (Å²) in [6.07, 6.45) is 0. The van der Waals surface area contributed by atoms with E-state index in [9.17, 15) is 0 Å². The molecule has 1 saturated heterocycles. The van der Waals surface area contributed by atoms with Crippen molar-refractivity contribution in [3.63, 3.8) is 0 Å². The van der Waals surface area contributed by atoms with Crippen LogP contribution in [0.2, 0.25) is 0 Å². The lowest BCUT2D eigenvalue weighted by Gasteiger charge is -1.88. The number of nitrogens with zero attached hydrogens (tertiary/aromatic N) is 2. The van der Waals surface area contributed by atoms with Crippen LogP contribution in [0.4, 0.5) is 0 Å². The van der Waals surface area contributed by atoms with Crippen LogP contribution in [-0.4, -0.2) is 18.1 Å². The van der Waals surface area contributed by atoms with E-state index in [0.717, 1.165) is 13.1 Å². The molecule has 0 bridgehead atoms.